The minimum atomic E-state index is 0.709. The van der Waals surface area contributed by atoms with E-state index in [1.54, 1.807) is 20.4 Å². The predicted molar refractivity (Wildman–Crippen MR) is 106 cm³/mol. The zero-order valence-corrected chi connectivity index (χ0v) is 14.8. The highest BCUT2D eigenvalue weighted by Crippen LogP contribution is 2.21. The fourth-order valence-electron chi connectivity index (χ4n) is 2.53. The first-order valence-electron chi connectivity index (χ1n) is 8.25. The number of hydrogen-bond donors (Lipinski definition) is 0. The number of rotatable bonds is 6. The fraction of sp³-hybridized carbons (Fsp3) is 0.0909. The summed E-state index contributed by atoms with van der Waals surface area (Å²) in [6, 6.07) is 25.6. The summed E-state index contributed by atoms with van der Waals surface area (Å²) in [6.45, 7) is 0. The van der Waals surface area contributed by atoms with Crippen LogP contribution in [0.4, 0.5) is 0 Å². The quantitative estimate of drug-likeness (QED) is 0.485. The Morgan fingerprint density at radius 2 is 1.23 bits per heavy atom. The number of nitrogens with zero attached hydrogens (tertiary/aromatic N) is 2. The molecule has 0 spiro atoms. The summed E-state index contributed by atoms with van der Waals surface area (Å²) in [4.78, 5) is 0. The average Bonchev–Trinajstić information content (AvgIpc) is 2.72. The Labute approximate surface area is 153 Å². The lowest BCUT2D eigenvalue weighted by Gasteiger charge is -2.06. The van der Waals surface area contributed by atoms with Gasteiger partial charge in [-0.3, -0.25) is 0 Å². The van der Waals surface area contributed by atoms with E-state index in [0.29, 0.717) is 11.5 Å². The third kappa shape index (κ3) is 4.36. The van der Waals surface area contributed by atoms with Crippen LogP contribution in [0.25, 0.3) is 0 Å². The Bertz CT molecular complexity index is 840. The summed E-state index contributed by atoms with van der Waals surface area (Å²) in [7, 11) is 3.24. The maximum absolute atomic E-state index is 5.29. The first-order chi connectivity index (χ1) is 12.8. The molecule has 0 saturated carbocycles. The van der Waals surface area contributed by atoms with E-state index in [4.69, 9.17) is 9.47 Å². The maximum atomic E-state index is 5.29. The number of methoxy groups -OCH3 is 2. The molecule has 0 unspecified atom stereocenters. The van der Waals surface area contributed by atoms with Crippen LogP contribution in [0.5, 0.6) is 11.5 Å². The molecule has 0 saturated heterocycles. The van der Waals surface area contributed by atoms with Crippen molar-refractivity contribution in [1.29, 1.82) is 0 Å². The van der Waals surface area contributed by atoms with E-state index < -0.39 is 0 Å². The number of ether oxygens (including phenoxy) is 2. The third-order valence-electron chi connectivity index (χ3n) is 3.83. The van der Waals surface area contributed by atoms with Gasteiger partial charge in [0.25, 0.3) is 0 Å². The number of hydrogen-bond acceptors (Lipinski definition) is 4. The normalized spacial score (nSPS) is 10.5. The lowest BCUT2D eigenvalue weighted by atomic mass is 10.0. The van der Waals surface area contributed by atoms with Crippen molar-refractivity contribution in [3.05, 3.63) is 95.6 Å². The lowest BCUT2D eigenvalue weighted by molar-refractivity contribution is 0.394. The number of benzene rings is 3. The van der Waals surface area contributed by atoms with Crippen molar-refractivity contribution in [1.82, 2.24) is 0 Å². The van der Waals surface area contributed by atoms with Crippen molar-refractivity contribution >= 4 is 11.9 Å². The van der Waals surface area contributed by atoms with Crippen LogP contribution in [0.1, 0.15) is 16.7 Å². The van der Waals surface area contributed by atoms with Gasteiger partial charge in [-0.2, -0.15) is 5.10 Å². The molecule has 130 valence electrons. The second kappa shape index (κ2) is 8.62. The highest BCUT2D eigenvalue weighted by molar-refractivity contribution is 6.12. The molecule has 0 aromatic heterocycles. The summed E-state index contributed by atoms with van der Waals surface area (Å²) >= 11 is 0. The molecule has 26 heavy (non-hydrogen) atoms. The molecular weight excluding hydrogens is 324 g/mol. The molecule has 0 aliphatic heterocycles. The highest BCUT2D eigenvalue weighted by atomic mass is 16.5. The minimum Gasteiger partial charge on any atom is -0.497 e. The van der Waals surface area contributed by atoms with Crippen molar-refractivity contribution in [2.24, 2.45) is 10.2 Å². The van der Waals surface area contributed by atoms with Crippen LogP contribution in [0.2, 0.25) is 0 Å². The monoisotopic (exact) mass is 344 g/mol. The van der Waals surface area contributed by atoms with E-state index in [0.717, 1.165) is 22.4 Å². The molecule has 0 heterocycles. The van der Waals surface area contributed by atoms with Gasteiger partial charge in [0.05, 0.1) is 20.4 Å². The van der Waals surface area contributed by atoms with Gasteiger partial charge in [0.2, 0.25) is 0 Å². The van der Waals surface area contributed by atoms with Crippen LogP contribution >= 0.6 is 0 Å². The van der Waals surface area contributed by atoms with Crippen LogP contribution in [-0.4, -0.2) is 26.1 Å². The van der Waals surface area contributed by atoms with Crippen molar-refractivity contribution in [2.75, 3.05) is 14.2 Å². The van der Waals surface area contributed by atoms with E-state index in [1.807, 2.05) is 78.9 Å². The summed E-state index contributed by atoms with van der Waals surface area (Å²) < 4.78 is 10.6. The van der Waals surface area contributed by atoms with Gasteiger partial charge in [-0.1, -0.05) is 60.7 Å². The van der Waals surface area contributed by atoms with Gasteiger partial charge in [-0.25, -0.2) is 0 Å². The molecule has 0 atom stereocenters. The van der Waals surface area contributed by atoms with E-state index in [9.17, 15) is 0 Å². The zero-order chi connectivity index (χ0) is 18.2. The van der Waals surface area contributed by atoms with Gasteiger partial charge in [0.1, 0.15) is 17.2 Å². The lowest BCUT2D eigenvalue weighted by Crippen LogP contribution is -2.02. The second-order valence-electron chi connectivity index (χ2n) is 5.57. The summed E-state index contributed by atoms with van der Waals surface area (Å²) in [5.41, 5.74) is 3.70. The first-order valence-corrected chi connectivity index (χ1v) is 8.25. The molecule has 0 aliphatic carbocycles. The van der Waals surface area contributed by atoms with Crippen LogP contribution in [0, 0.1) is 0 Å². The van der Waals surface area contributed by atoms with E-state index in [1.165, 1.54) is 0 Å². The standard InChI is InChI=1S/C22H20N2O2/c1-25-20-13-17(14-21(15-20)26-2)16-23-24-22(18-9-5-3-6-10-18)19-11-7-4-8-12-19/h3-16H,1-2H3. The van der Waals surface area contributed by atoms with Gasteiger partial charge in [0, 0.05) is 22.8 Å². The fourth-order valence-corrected chi connectivity index (χ4v) is 2.53. The molecule has 3 aromatic rings. The summed E-state index contributed by atoms with van der Waals surface area (Å²) in [5.74, 6) is 1.42. The van der Waals surface area contributed by atoms with Crippen LogP contribution < -0.4 is 9.47 Å². The van der Waals surface area contributed by atoms with Gasteiger partial charge < -0.3 is 9.47 Å². The Hall–Kier alpha value is -3.40. The third-order valence-corrected chi connectivity index (χ3v) is 3.83. The molecule has 4 heteroatoms. The van der Waals surface area contributed by atoms with Crippen molar-refractivity contribution in [3.63, 3.8) is 0 Å². The molecule has 3 aromatic carbocycles. The minimum absolute atomic E-state index is 0.709. The predicted octanol–water partition coefficient (Wildman–Crippen LogP) is 4.58. The van der Waals surface area contributed by atoms with Crippen molar-refractivity contribution in [2.45, 2.75) is 0 Å². The maximum Gasteiger partial charge on any atom is 0.123 e. The molecule has 0 amide bonds. The zero-order valence-electron chi connectivity index (χ0n) is 14.8. The largest absolute Gasteiger partial charge is 0.497 e. The highest BCUT2D eigenvalue weighted by Gasteiger charge is 2.06. The van der Waals surface area contributed by atoms with Crippen molar-refractivity contribution in [3.8, 4) is 11.5 Å². The first kappa shape index (κ1) is 17.4. The van der Waals surface area contributed by atoms with Crippen LogP contribution in [0.15, 0.2) is 89.1 Å². The average molecular weight is 344 g/mol. The SMILES string of the molecule is COc1cc(C=NN=C(c2ccccc2)c2ccccc2)cc(OC)c1. The van der Waals surface area contributed by atoms with Gasteiger partial charge in [-0.05, 0) is 12.1 Å². The molecule has 0 radical (unpaired) electrons. The topological polar surface area (TPSA) is 43.2 Å². The Balaban J connectivity index is 1.95. The Kier molecular flexibility index (Phi) is 5.78. The van der Waals surface area contributed by atoms with Crippen LogP contribution in [-0.2, 0) is 0 Å². The van der Waals surface area contributed by atoms with Crippen LogP contribution in [0.3, 0.4) is 0 Å². The molecule has 0 fully saturated rings. The van der Waals surface area contributed by atoms with Gasteiger partial charge in [0.15, 0.2) is 0 Å². The Morgan fingerprint density at radius 1 is 0.731 bits per heavy atom. The van der Waals surface area contributed by atoms with E-state index >= 15 is 0 Å². The Morgan fingerprint density at radius 3 is 1.69 bits per heavy atom. The molecule has 3 rings (SSSR count). The van der Waals surface area contributed by atoms with E-state index in [2.05, 4.69) is 10.2 Å². The molecule has 0 bridgehead atoms. The smallest absolute Gasteiger partial charge is 0.123 e. The van der Waals surface area contributed by atoms with Crippen molar-refractivity contribution < 1.29 is 9.47 Å². The van der Waals surface area contributed by atoms with Gasteiger partial charge >= 0.3 is 0 Å². The second-order valence-corrected chi connectivity index (χ2v) is 5.57. The molecule has 0 N–H and O–H groups in total. The van der Waals surface area contributed by atoms with Gasteiger partial charge in [-0.15, -0.1) is 5.10 Å². The summed E-state index contributed by atoms with van der Waals surface area (Å²) in [6.07, 6.45) is 1.69. The molecule has 4 nitrogen and oxygen atoms in total. The molecule has 0 aliphatic rings. The summed E-state index contributed by atoms with van der Waals surface area (Å²) in [5, 5.41) is 8.77. The molecular formula is C22H20N2O2. The van der Waals surface area contributed by atoms with E-state index in [-0.39, 0.29) is 0 Å².